The van der Waals surface area contributed by atoms with Crippen LogP contribution in [0.25, 0.3) is 0 Å². The van der Waals surface area contributed by atoms with E-state index in [1.807, 2.05) is 6.07 Å². The maximum Gasteiger partial charge on any atom is 0.338 e. The van der Waals surface area contributed by atoms with Gasteiger partial charge in [0.2, 0.25) is 0 Å². The molecule has 0 saturated heterocycles. The van der Waals surface area contributed by atoms with Gasteiger partial charge in [-0.25, -0.2) is 4.79 Å². The number of rotatable bonds is 3. The highest BCUT2D eigenvalue weighted by molar-refractivity contribution is 6.00. The van der Waals surface area contributed by atoms with E-state index in [9.17, 15) is 9.59 Å². The van der Waals surface area contributed by atoms with Gasteiger partial charge in [-0.15, -0.1) is 0 Å². The van der Waals surface area contributed by atoms with Crippen molar-refractivity contribution in [2.75, 3.05) is 19.7 Å². The van der Waals surface area contributed by atoms with E-state index < -0.39 is 5.97 Å². The molecule has 0 atom stereocenters. The second-order valence-corrected chi connectivity index (χ2v) is 4.23. The Morgan fingerprint density at radius 1 is 1.53 bits per heavy atom. The molecular weight excluding hydrogens is 244 g/mol. The van der Waals surface area contributed by atoms with Crippen LogP contribution in [0.5, 0.6) is 0 Å². The molecule has 1 aromatic rings. The largest absolute Gasteiger partial charge is 0.462 e. The van der Waals surface area contributed by atoms with E-state index in [1.54, 1.807) is 25.1 Å². The summed E-state index contributed by atoms with van der Waals surface area (Å²) in [5, 5.41) is 8.68. The maximum absolute atomic E-state index is 12.2. The van der Waals surface area contributed by atoms with E-state index in [2.05, 4.69) is 0 Å². The molecule has 0 aromatic heterocycles. The number of ether oxygens (including phenoxy) is 1. The van der Waals surface area contributed by atoms with Gasteiger partial charge in [-0.3, -0.25) is 4.79 Å². The van der Waals surface area contributed by atoms with Gasteiger partial charge in [0.05, 0.1) is 18.2 Å². The predicted octanol–water partition coefficient (Wildman–Crippen LogP) is 1.39. The van der Waals surface area contributed by atoms with Crippen molar-refractivity contribution in [1.82, 2.24) is 4.90 Å². The molecule has 1 aliphatic heterocycles. The average molecular weight is 258 g/mol. The van der Waals surface area contributed by atoms with Crippen LogP contribution in [0, 0.1) is 11.3 Å². The predicted molar refractivity (Wildman–Crippen MR) is 67.6 cm³/mol. The molecule has 5 heteroatoms. The Labute approximate surface area is 111 Å². The van der Waals surface area contributed by atoms with E-state index in [0.717, 1.165) is 5.56 Å². The molecule has 1 aromatic carbocycles. The van der Waals surface area contributed by atoms with Crippen molar-refractivity contribution in [1.29, 1.82) is 5.26 Å². The standard InChI is InChI=1S/C14H14N2O3/c1-2-19-14(18)11-4-3-10-5-7-16(8-6-15)13(17)12(10)9-11/h3-4,9H,2,5,7-8H2,1H3. The van der Waals surface area contributed by atoms with E-state index in [0.29, 0.717) is 30.7 Å². The molecule has 0 aliphatic carbocycles. The van der Waals surface area contributed by atoms with Crippen molar-refractivity contribution in [2.24, 2.45) is 0 Å². The lowest BCUT2D eigenvalue weighted by atomic mass is 9.96. The Hall–Kier alpha value is -2.35. The van der Waals surface area contributed by atoms with Gasteiger partial charge in [0.25, 0.3) is 5.91 Å². The van der Waals surface area contributed by atoms with Crippen LogP contribution in [0.3, 0.4) is 0 Å². The second-order valence-electron chi connectivity index (χ2n) is 4.23. The molecule has 5 nitrogen and oxygen atoms in total. The van der Waals surface area contributed by atoms with Gasteiger partial charge in [0.15, 0.2) is 0 Å². The monoisotopic (exact) mass is 258 g/mol. The van der Waals surface area contributed by atoms with Crippen molar-refractivity contribution in [3.8, 4) is 6.07 Å². The summed E-state index contributed by atoms with van der Waals surface area (Å²) >= 11 is 0. The van der Waals surface area contributed by atoms with Gasteiger partial charge < -0.3 is 9.64 Å². The molecule has 1 aliphatic rings. The number of fused-ring (bicyclic) bond motifs is 1. The lowest BCUT2D eigenvalue weighted by Crippen LogP contribution is -2.37. The Bertz CT molecular complexity index is 560. The summed E-state index contributed by atoms with van der Waals surface area (Å²) in [7, 11) is 0. The smallest absolute Gasteiger partial charge is 0.338 e. The van der Waals surface area contributed by atoms with Crippen molar-refractivity contribution < 1.29 is 14.3 Å². The van der Waals surface area contributed by atoms with E-state index in [-0.39, 0.29) is 12.5 Å². The van der Waals surface area contributed by atoms with Crippen LogP contribution in [0.1, 0.15) is 33.2 Å². The zero-order chi connectivity index (χ0) is 13.8. The lowest BCUT2D eigenvalue weighted by molar-refractivity contribution is 0.0526. The number of hydrogen-bond donors (Lipinski definition) is 0. The quantitative estimate of drug-likeness (QED) is 0.606. The molecule has 0 bridgehead atoms. The first-order chi connectivity index (χ1) is 9.17. The highest BCUT2D eigenvalue weighted by Crippen LogP contribution is 2.20. The zero-order valence-corrected chi connectivity index (χ0v) is 10.7. The van der Waals surface area contributed by atoms with Crippen LogP contribution in [-0.4, -0.2) is 36.5 Å². The molecule has 98 valence electrons. The van der Waals surface area contributed by atoms with Gasteiger partial charge in [0, 0.05) is 12.1 Å². The summed E-state index contributed by atoms with van der Waals surface area (Å²) in [6.07, 6.45) is 0.700. The normalized spacial score (nSPS) is 13.7. The molecule has 1 heterocycles. The maximum atomic E-state index is 12.2. The summed E-state index contributed by atoms with van der Waals surface area (Å²) in [6.45, 7) is 2.64. The number of carbonyl (C=O) groups is 2. The highest BCUT2D eigenvalue weighted by atomic mass is 16.5. The number of nitriles is 1. The number of benzene rings is 1. The third kappa shape index (κ3) is 2.58. The number of esters is 1. The molecule has 1 amide bonds. The van der Waals surface area contributed by atoms with Gasteiger partial charge in [-0.05, 0) is 31.0 Å². The summed E-state index contributed by atoms with van der Waals surface area (Å²) in [6, 6.07) is 6.98. The molecule has 0 spiro atoms. The van der Waals surface area contributed by atoms with E-state index in [1.165, 1.54) is 4.90 Å². The van der Waals surface area contributed by atoms with Crippen LogP contribution in [-0.2, 0) is 11.2 Å². The number of amides is 1. The van der Waals surface area contributed by atoms with Crippen molar-refractivity contribution >= 4 is 11.9 Å². The fourth-order valence-electron chi connectivity index (χ4n) is 2.10. The van der Waals surface area contributed by atoms with E-state index >= 15 is 0 Å². The van der Waals surface area contributed by atoms with Gasteiger partial charge >= 0.3 is 5.97 Å². The molecule has 19 heavy (non-hydrogen) atoms. The SMILES string of the molecule is CCOC(=O)c1ccc2c(c1)C(=O)N(CC#N)CC2. The minimum absolute atomic E-state index is 0.0713. The van der Waals surface area contributed by atoms with Crippen LogP contribution in [0.15, 0.2) is 18.2 Å². The third-order valence-corrected chi connectivity index (χ3v) is 3.05. The summed E-state index contributed by atoms with van der Waals surface area (Å²) in [5.74, 6) is -0.635. The first-order valence-electron chi connectivity index (χ1n) is 6.13. The first-order valence-corrected chi connectivity index (χ1v) is 6.13. The zero-order valence-electron chi connectivity index (χ0n) is 10.7. The molecule has 0 unspecified atom stereocenters. The third-order valence-electron chi connectivity index (χ3n) is 3.05. The van der Waals surface area contributed by atoms with Crippen molar-refractivity contribution in [3.05, 3.63) is 34.9 Å². The fraction of sp³-hybridized carbons (Fsp3) is 0.357. The van der Waals surface area contributed by atoms with Crippen LogP contribution >= 0.6 is 0 Å². The van der Waals surface area contributed by atoms with Gasteiger partial charge in [-0.1, -0.05) is 6.07 Å². The van der Waals surface area contributed by atoms with Crippen LogP contribution in [0.2, 0.25) is 0 Å². The van der Waals surface area contributed by atoms with Gasteiger partial charge in [0.1, 0.15) is 6.54 Å². The van der Waals surface area contributed by atoms with Gasteiger partial charge in [-0.2, -0.15) is 5.26 Å². The Balaban J connectivity index is 2.31. The summed E-state index contributed by atoms with van der Waals surface area (Å²) in [5.41, 5.74) is 1.77. The van der Waals surface area contributed by atoms with Crippen LogP contribution < -0.4 is 0 Å². The molecular formula is C14H14N2O3. The number of carbonyl (C=O) groups excluding carboxylic acids is 2. The Morgan fingerprint density at radius 3 is 3.00 bits per heavy atom. The minimum atomic E-state index is -0.435. The Morgan fingerprint density at radius 2 is 2.32 bits per heavy atom. The van der Waals surface area contributed by atoms with Crippen molar-refractivity contribution in [2.45, 2.75) is 13.3 Å². The summed E-state index contributed by atoms with van der Waals surface area (Å²) in [4.78, 5) is 25.3. The highest BCUT2D eigenvalue weighted by Gasteiger charge is 2.25. The molecule has 2 rings (SSSR count). The minimum Gasteiger partial charge on any atom is -0.462 e. The number of nitrogens with zero attached hydrogens (tertiary/aromatic N) is 2. The topological polar surface area (TPSA) is 70.4 Å². The van der Waals surface area contributed by atoms with Crippen LogP contribution in [0.4, 0.5) is 0 Å². The van der Waals surface area contributed by atoms with Crippen molar-refractivity contribution in [3.63, 3.8) is 0 Å². The molecule has 0 radical (unpaired) electrons. The van der Waals surface area contributed by atoms with E-state index in [4.69, 9.17) is 10.00 Å². The first kappa shape index (κ1) is 13.1. The average Bonchev–Trinajstić information content (AvgIpc) is 2.42. The second kappa shape index (κ2) is 5.53. The molecule has 0 fully saturated rings. The molecule has 0 saturated carbocycles. The molecule has 0 N–H and O–H groups in total. The number of hydrogen-bond acceptors (Lipinski definition) is 4. The lowest BCUT2D eigenvalue weighted by Gasteiger charge is -2.26. The fourth-order valence-corrected chi connectivity index (χ4v) is 2.10. The summed E-state index contributed by atoms with van der Waals surface area (Å²) < 4.78 is 4.91. The Kier molecular flexibility index (Phi) is 3.81.